The Kier molecular flexibility index (Phi) is 3.59. The van der Waals surface area contributed by atoms with Gasteiger partial charge in [-0.05, 0) is 25.7 Å². The normalized spacial score (nSPS) is 17.8. The molecule has 1 aromatic carbocycles. The molecule has 2 unspecified atom stereocenters. The summed E-state index contributed by atoms with van der Waals surface area (Å²) in [7, 11) is 0. The van der Waals surface area contributed by atoms with Crippen LogP contribution in [0.2, 0.25) is 0 Å². The highest BCUT2D eigenvalue weighted by molar-refractivity contribution is 7.91. The molecule has 0 saturated carbocycles. The predicted octanol–water partition coefficient (Wildman–Crippen LogP) is 2.05. The Bertz CT molecular complexity index is 532. The van der Waals surface area contributed by atoms with Gasteiger partial charge < -0.3 is 9.54 Å². The zero-order valence-corrected chi connectivity index (χ0v) is 11.5. The maximum atomic E-state index is 12.5. The van der Waals surface area contributed by atoms with Gasteiger partial charge in [0.25, 0.3) is 0 Å². The summed E-state index contributed by atoms with van der Waals surface area (Å²) in [5, 5.41) is -0.0166. The van der Waals surface area contributed by atoms with E-state index in [1.807, 2.05) is 30.3 Å². The first-order chi connectivity index (χ1) is 9.25. The van der Waals surface area contributed by atoms with Crippen molar-refractivity contribution >= 4 is 11.2 Å². The standard InChI is InChI=1S/C14H17N3OS/c15-13(10-6-2-1-3-7-10)19(18)14-16-11-8-4-5-9-12(11)17-14/h1-3,6-7,13H,4-5,8-9,15H2,(H,16,17). The molecule has 3 N–H and O–H groups in total. The van der Waals surface area contributed by atoms with Gasteiger partial charge in [-0.2, -0.15) is 4.98 Å². The van der Waals surface area contributed by atoms with Crippen LogP contribution in [0.5, 0.6) is 0 Å². The molecule has 0 fully saturated rings. The summed E-state index contributed by atoms with van der Waals surface area (Å²) in [6.07, 6.45) is 4.31. The molecule has 0 saturated heterocycles. The van der Waals surface area contributed by atoms with Crippen molar-refractivity contribution in [2.45, 2.75) is 36.2 Å². The third kappa shape index (κ3) is 2.54. The second-order valence-corrected chi connectivity index (χ2v) is 6.29. The van der Waals surface area contributed by atoms with Crippen LogP contribution in [0.4, 0.5) is 0 Å². The number of aryl methyl sites for hydroxylation is 2. The van der Waals surface area contributed by atoms with Crippen molar-refractivity contribution < 1.29 is 4.55 Å². The summed E-state index contributed by atoms with van der Waals surface area (Å²) in [6.45, 7) is 0. The first-order valence-electron chi connectivity index (χ1n) is 6.54. The molecule has 1 aliphatic rings. The Balaban J connectivity index is 1.83. The van der Waals surface area contributed by atoms with Crippen LogP contribution < -0.4 is 5.73 Å². The van der Waals surface area contributed by atoms with Gasteiger partial charge in [0.15, 0.2) is 5.37 Å². The Labute approximate surface area is 115 Å². The number of nitrogens with zero attached hydrogens (tertiary/aromatic N) is 1. The van der Waals surface area contributed by atoms with Gasteiger partial charge in [-0.3, -0.25) is 5.73 Å². The average Bonchev–Trinajstić information content (AvgIpc) is 2.90. The third-order valence-corrected chi connectivity index (χ3v) is 4.79. The average molecular weight is 275 g/mol. The molecule has 100 valence electrons. The van der Waals surface area contributed by atoms with E-state index in [2.05, 4.69) is 9.97 Å². The van der Waals surface area contributed by atoms with Crippen molar-refractivity contribution in [3.63, 3.8) is 0 Å². The summed E-state index contributed by atoms with van der Waals surface area (Å²) in [4.78, 5) is 7.65. The quantitative estimate of drug-likeness (QED) is 0.842. The van der Waals surface area contributed by atoms with E-state index in [0.29, 0.717) is 5.16 Å². The highest BCUT2D eigenvalue weighted by Gasteiger charge is 2.28. The van der Waals surface area contributed by atoms with E-state index >= 15 is 0 Å². The van der Waals surface area contributed by atoms with E-state index in [1.54, 1.807) is 0 Å². The first kappa shape index (κ1) is 12.7. The minimum absolute atomic E-state index is 0.517. The number of benzene rings is 1. The molecular weight excluding hydrogens is 258 g/mol. The first-order valence-corrected chi connectivity index (χ1v) is 7.76. The summed E-state index contributed by atoms with van der Waals surface area (Å²) in [5.41, 5.74) is 9.14. The number of aromatic nitrogens is 2. The van der Waals surface area contributed by atoms with E-state index in [0.717, 1.165) is 36.2 Å². The fraction of sp³-hybridized carbons (Fsp3) is 0.357. The largest absolute Gasteiger partial charge is 0.607 e. The van der Waals surface area contributed by atoms with E-state index < -0.39 is 16.5 Å². The van der Waals surface area contributed by atoms with Crippen LogP contribution in [-0.2, 0) is 24.0 Å². The number of nitrogens with one attached hydrogen (secondary N) is 1. The van der Waals surface area contributed by atoms with Gasteiger partial charge in [0.2, 0.25) is 0 Å². The molecule has 1 heterocycles. The van der Waals surface area contributed by atoms with Crippen LogP contribution in [0.25, 0.3) is 0 Å². The number of rotatable bonds is 3. The summed E-state index contributed by atoms with van der Waals surface area (Å²) in [5.74, 6) is 0. The van der Waals surface area contributed by atoms with Crippen LogP contribution in [0.1, 0.15) is 35.2 Å². The number of H-pyrrole nitrogens is 1. The van der Waals surface area contributed by atoms with E-state index in [9.17, 15) is 4.55 Å². The lowest BCUT2D eigenvalue weighted by molar-refractivity contribution is 0.575. The number of imidazole rings is 1. The van der Waals surface area contributed by atoms with E-state index in [1.165, 1.54) is 6.42 Å². The summed E-state index contributed by atoms with van der Waals surface area (Å²) < 4.78 is 12.5. The second-order valence-electron chi connectivity index (χ2n) is 4.80. The van der Waals surface area contributed by atoms with Crippen LogP contribution in [0.15, 0.2) is 35.5 Å². The monoisotopic (exact) mass is 275 g/mol. The molecule has 0 aliphatic heterocycles. The van der Waals surface area contributed by atoms with Gasteiger partial charge in [0.05, 0.1) is 5.69 Å². The van der Waals surface area contributed by atoms with Crippen molar-refractivity contribution in [1.82, 2.24) is 9.97 Å². The van der Waals surface area contributed by atoms with Gasteiger partial charge in [-0.15, -0.1) is 0 Å². The maximum Gasteiger partial charge on any atom is 0.322 e. The van der Waals surface area contributed by atoms with Gasteiger partial charge >= 0.3 is 5.16 Å². The lowest BCUT2D eigenvalue weighted by atomic mass is 10.0. The van der Waals surface area contributed by atoms with Gasteiger partial charge in [0, 0.05) is 22.4 Å². The molecule has 0 bridgehead atoms. The van der Waals surface area contributed by atoms with Gasteiger partial charge in [-0.25, -0.2) is 0 Å². The van der Waals surface area contributed by atoms with Crippen molar-refractivity contribution in [1.29, 1.82) is 0 Å². The molecule has 0 amide bonds. The lowest BCUT2D eigenvalue weighted by Crippen LogP contribution is -2.23. The molecule has 4 nitrogen and oxygen atoms in total. The van der Waals surface area contributed by atoms with Gasteiger partial charge in [-0.1, -0.05) is 30.3 Å². The van der Waals surface area contributed by atoms with E-state index in [-0.39, 0.29) is 0 Å². The molecule has 2 aromatic rings. The Morgan fingerprint density at radius 1 is 1.21 bits per heavy atom. The predicted molar refractivity (Wildman–Crippen MR) is 75.0 cm³/mol. The Morgan fingerprint density at radius 2 is 1.95 bits per heavy atom. The lowest BCUT2D eigenvalue weighted by Gasteiger charge is -2.14. The van der Waals surface area contributed by atoms with Gasteiger partial charge in [0.1, 0.15) is 0 Å². The Morgan fingerprint density at radius 3 is 2.68 bits per heavy atom. The number of aromatic amines is 1. The number of fused-ring (bicyclic) bond motifs is 1. The zero-order valence-electron chi connectivity index (χ0n) is 10.6. The third-order valence-electron chi connectivity index (χ3n) is 3.48. The zero-order chi connectivity index (χ0) is 13.2. The second kappa shape index (κ2) is 5.36. The van der Waals surface area contributed by atoms with Crippen molar-refractivity contribution in [3.05, 3.63) is 47.3 Å². The highest BCUT2D eigenvalue weighted by Crippen LogP contribution is 2.26. The smallest absolute Gasteiger partial charge is 0.322 e. The van der Waals surface area contributed by atoms with Crippen LogP contribution >= 0.6 is 0 Å². The number of hydrogen-bond acceptors (Lipinski definition) is 3. The highest BCUT2D eigenvalue weighted by atomic mass is 32.2. The topological polar surface area (TPSA) is 77.8 Å². The minimum Gasteiger partial charge on any atom is -0.607 e. The molecule has 2 atom stereocenters. The Hall–Kier alpha value is -1.30. The number of nitrogens with two attached hydrogens (primary N) is 1. The molecule has 1 aliphatic carbocycles. The SMILES string of the molecule is NC(c1ccccc1)[S+]([O-])c1nc2c([nH]1)CCCC2. The van der Waals surface area contributed by atoms with Crippen molar-refractivity contribution in [2.24, 2.45) is 5.73 Å². The fourth-order valence-corrected chi connectivity index (χ4v) is 3.48. The van der Waals surface area contributed by atoms with Crippen molar-refractivity contribution in [3.8, 4) is 0 Å². The molecule has 0 radical (unpaired) electrons. The molecule has 19 heavy (non-hydrogen) atoms. The fourth-order valence-electron chi connectivity index (χ4n) is 2.41. The molecule has 1 aromatic heterocycles. The number of hydrogen-bond donors (Lipinski definition) is 2. The molecular formula is C14H17N3OS. The van der Waals surface area contributed by atoms with Crippen molar-refractivity contribution in [2.75, 3.05) is 0 Å². The van der Waals surface area contributed by atoms with Crippen LogP contribution in [-0.4, -0.2) is 14.5 Å². The molecule has 5 heteroatoms. The van der Waals surface area contributed by atoms with Crippen LogP contribution in [0, 0.1) is 0 Å². The maximum absolute atomic E-state index is 12.5. The van der Waals surface area contributed by atoms with E-state index in [4.69, 9.17) is 5.73 Å². The minimum atomic E-state index is -1.33. The molecule has 3 rings (SSSR count). The summed E-state index contributed by atoms with van der Waals surface area (Å²) >= 11 is -1.33. The van der Waals surface area contributed by atoms with Crippen LogP contribution in [0.3, 0.4) is 0 Å². The molecule has 0 spiro atoms. The summed E-state index contributed by atoms with van der Waals surface area (Å²) in [6, 6.07) is 9.51.